The highest BCUT2D eigenvalue weighted by Gasteiger charge is 2.18. The zero-order valence-electron chi connectivity index (χ0n) is 8.29. The van der Waals surface area contributed by atoms with Crippen LogP contribution in [0.15, 0.2) is 12.3 Å². The van der Waals surface area contributed by atoms with Crippen LogP contribution in [0.3, 0.4) is 0 Å². The lowest BCUT2D eigenvalue weighted by Gasteiger charge is -2.13. The molecule has 1 rings (SSSR count). The standard InChI is InChI=1S/C7H10N2O2/c1-7(2,11)6-8-3-5(10)4-9-6/h3-4,10-11H,1-2H3/i3D,4D. The predicted octanol–water partition coefficient (Wildman–Crippen LogP) is 0.410. The topological polar surface area (TPSA) is 66.2 Å². The Morgan fingerprint density at radius 3 is 2.27 bits per heavy atom. The number of aromatic hydroxyl groups is 1. The van der Waals surface area contributed by atoms with Crippen molar-refractivity contribution >= 4 is 0 Å². The average Bonchev–Trinajstić information content (AvgIpc) is 1.97. The zero-order valence-corrected chi connectivity index (χ0v) is 6.29. The first-order valence-corrected chi connectivity index (χ1v) is 3.09. The molecule has 1 heterocycles. The molecule has 2 N–H and O–H groups in total. The number of aliphatic hydroxyl groups is 1. The number of hydrogen-bond acceptors (Lipinski definition) is 4. The molecule has 0 radical (unpaired) electrons. The van der Waals surface area contributed by atoms with Crippen molar-refractivity contribution in [1.82, 2.24) is 9.97 Å². The third kappa shape index (κ3) is 1.88. The van der Waals surface area contributed by atoms with E-state index in [4.69, 9.17) is 7.85 Å². The van der Waals surface area contributed by atoms with Crippen LogP contribution in [-0.4, -0.2) is 20.2 Å². The normalized spacial score (nSPS) is 14.1. The number of rotatable bonds is 1. The van der Waals surface area contributed by atoms with E-state index in [9.17, 15) is 5.11 Å². The highest BCUT2D eigenvalue weighted by atomic mass is 16.3. The summed E-state index contributed by atoms with van der Waals surface area (Å²) in [6.45, 7) is 2.89. The lowest BCUT2D eigenvalue weighted by atomic mass is 10.1. The minimum absolute atomic E-state index is 0.0414. The molecule has 0 fully saturated rings. The van der Waals surface area contributed by atoms with E-state index in [2.05, 4.69) is 9.97 Å². The van der Waals surface area contributed by atoms with E-state index in [0.29, 0.717) is 0 Å². The van der Waals surface area contributed by atoms with E-state index in [1.54, 1.807) is 0 Å². The number of nitrogens with zero attached hydrogens (tertiary/aromatic N) is 2. The van der Waals surface area contributed by atoms with Crippen LogP contribution in [0.4, 0.5) is 0 Å². The maximum Gasteiger partial charge on any atom is 0.159 e. The summed E-state index contributed by atoms with van der Waals surface area (Å²) < 4.78 is 14.3. The minimum Gasteiger partial charge on any atom is -0.505 e. The predicted molar refractivity (Wildman–Crippen MR) is 38.9 cm³/mol. The lowest BCUT2D eigenvalue weighted by molar-refractivity contribution is 0.0685. The van der Waals surface area contributed by atoms with Crippen LogP contribution in [0.1, 0.15) is 22.4 Å². The van der Waals surface area contributed by atoms with Crippen LogP contribution < -0.4 is 0 Å². The van der Waals surface area contributed by atoms with Crippen LogP contribution in [0.25, 0.3) is 0 Å². The van der Waals surface area contributed by atoms with Crippen molar-refractivity contribution in [3.63, 3.8) is 0 Å². The Kier molecular flexibility index (Phi) is 1.23. The summed E-state index contributed by atoms with van der Waals surface area (Å²) in [6, 6.07) is 0. The molecule has 0 spiro atoms. The smallest absolute Gasteiger partial charge is 0.159 e. The average molecular weight is 156 g/mol. The maximum atomic E-state index is 9.46. The number of hydrogen-bond donors (Lipinski definition) is 2. The van der Waals surface area contributed by atoms with Crippen LogP contribution in [-0.2, 0) is 5.60 Å². The molecule has 0 aliphatic rings. The third-order valence-electron chi connectivity index (χ3n) is 1.08. The molecule has 0 saturated heterocycles. The molecule has 0 amide bonds. The molecule has 4 heteroatoms. The summed E-state index contributed by atoms with van der Waals surface area (Å²) in [5.41, 5.74) is -1.31. The molecular weight excluding hydrogens is 144 g/mol. The van der Waals surface area contributed by atoms with Crippen molar-refractivity contribution < 1.29 is 13.0 Å². The lowest BCUT2D eigenvalue weighted by Crippen LogP contribution is -2.18. The van der Waals surface area contributed by atoms with Gasteiger partial charge in [0.05, 0.1) is 15.1 Å². The summed E-state index contributed by atoms with van der Waals surface area (Å²) in [5, 5.41) is 18.5. The Labute approximate surface area is 67.4 Å². The van der Waals surface area contributed by atoms with Gasteiger partial charge in [-0.15, -0.1) is 0 Å². The van der Waals surface area contributed by atoms with Crippen molar-refractivity contribution in [2.75, 3.05) is 0 Å². The molecule has 60 valence electrons. The third-order valence-corrected chi connectivity index (χ3v) is 1.08. The van der Waals surface area contributed by atoms with E-state index in [-0.39, 0.29) is 5.82 Å². The fraction of sp³-hybridized carbons (Fsp3) is 0.429. The van der Waals surface area contributed by atoms with Gasteiger partial charge in [0, 0.05) is 0 Å². The van der Waals surface area contributed by atoms with E-state index < -0.39 is 23.7 Å². The Morgan fingerprint density at radius 1 is 1.45 bits per heavy atom. The Balaban J connectivity index is 3.29. The first-order valence-electron chi connectivity index (χ1n) is 4.09. The highest BCUT2D eigenvalue weighted by molar-refractivity contribution is 5.11. The van der Waals surface area contributed by atoms with Crippen LogP contribution in [0, 0.1) is 0 Å². The molecular formula is C7H10N2O2. The van der Waals surface area contributed by atoms with E-state index >= 15 is 0 Å². The fourth-order valence-corrected chi connectivity index (χ4v) is 0.535. The van der Waals surface area contributed by atoms with Gasteiger partial charge >= 0.3 is 0 Å². The van der Waals surface area contributed by atoms with E-state index in [0.717, 1.165) is 0 Å². The molecule has 1 aromatic rings. The zero-order chi connectivity index (χ0) is 10.2. The Morgan fingerprint density at radius 2 is 1.91 bits per heavy atom. The van der Waals surface area contributed by atoms with Crippen molar-refractivity contribution in [3.05, 3.63) is 18.2 Å². The van der Waals surface area contributed by atoms with Crippen molar-refractivity contribution in [2.24, 2.45) is 0 Å². The molecule has 0 aliphatic heterocycles. The van der Waals surface area contributed by atoms with Crippen LogP contribution >= 0.6 is 0 Å². The minimum atomic E-state index is -1.31. The second-order valence-electron chi connectivity index (χ2n) is 2.68. The van der Waals surface area contributed by atoms with Gasteiger partial charge in [0.1, 0.15) is 5.60 Å². The van der Waals surface area contributed by atoms with Gasteiger partial charge in [0.2, 0.25) is 0 Å². The van der Waals surface area contributed by atoms with E-state index in [1.165, 1.54) is 13.8 Å². The molecule has 0 saturated carbocycles. The maximum absolute atomic E-state index is 9.46. The summed E-state index contributed by atoms with van der Waals surface area (Å²) in [7, 11) is 0. The molecule has 11 heavy (non-hydrogen) atoms. The molecule has 0 atom stereocenters. The van der Waals surface area contributed by atoms with Gasteiger partial charge in [0.15, 0.2) is 11.6 Å². The molecule has 0 bridgehead atoms. The number of aromatic nitrogens is 2. The second kappa shape index (κ2) is 2.47. The van der Waals surface area contributed by atoms with E-state index in [1.807, 2.05) is 0 Å². The summed E-state index contributed by atoms with van der Waals surface area (Å²) in [4.78, 5) is 7.08. The second-order valence-corrected chi connectivity index (χ2v) is 2.68. The SMILES string of the molecule is [2H]c1nc(C(C)(C)O)nc([2H])c1O. The summed E-state index contributed by atoms with van der Waals surface area (Å²) in [5.74, 6) is -0.617. The monoisotopic (exact) mass is 156 g/mol. The quantitative estimate of drug-likeness (QED) is 0.618. The van der Waals surface area contributed by atoms with Crippen LogP contribution in [0.5, 0.6) is 5.75 Å². The summed E-state index contributed by atoms with van der Waals surface area (Å²) >= 11 is 0. The Hall–Kier alpha value is -1.16. The van der Waals surface area contributed by atoms with Gasteiger partial charge in [-0.1, -0.05) is 0 Å². The molecule has 1 aromatic heterocycles. The highest BCUT2D eigenvalue weighted by Crippen LogP contribution is 2.15. The van der Waals surface area contributed by atoms with Crippen molar-refractivity contribution in [3.8, 4) is 5.75 Å². The van der Waals surface area contributed by atoms with Gasteiger partial charge in [-0.2, -0.15) is 0 Å². The summed E-state index contributed by atoms with van der Waals surface area (Å²) in [6.07, 6.45) is -0.894. The largest absolute Gasteiger partial charge is 0.505 e. The van der Waals surface area contributed by atoms with Gasteiger partial charge in [0.25, 0.3) is 0 Å². The molecule has 0 aliphatic carbocycles. The molecule has 4 nitrogen and oxygen atoms in total. The van der Waals surface area contributed by atoms with Crippen molar-refractivity contribution in [1.29, 1.82) is 0 Å². The molecule has 0 aromatic carbocycles. The van der Waals surface area contributed by atoms with Gasteiger partial charge in [-0.25, -0.2) is 9.97 Å². The first-order chi connectivity index (χ1) is 5.82. The van der Waals surface area contributed by atoms with Crippen molar-refractivity contribution in [2.45, 2.75) is 19.4 Å². The fourth-order valence-electron chi connectivity index (χ4n) is 0.535. The first kappa shape index (κ1) is 5.49. The molecule has 0 unspecified atom stereocenters. The van der Waals surface area contributed by atoms with Gasteiger partial charge < -0.3 is 10.2 Å². The van der Waals surface area contributed by atoms with Crippen LogP contribution in [0.2, 0.25) is 0 Å². The Bertz CT molecular complexity index is 313. The van der Waals surface area contributed by atoms with Gasteiger partial charge in [-0.05, 0) is 13.8 Å². The van der Waals surface area contributed by atoms with Gasteiger partial charge in [-0.3, -0.25) is 0 Å².